The first kappa shape index (κ1) is 15.6. The number of hydrogen-bond donors (Lipinski definition) is 2. The Hall–Kier alpha value is -1.46. The second-order valence-corrected chi connectivity index (χ2v) is 4.32. The van der Waals surface area contributed by atoms with E-state index in [1.54, 1.807) is 6.07 Å². The summed E-state index contributed by atoms with van der Waals surface area (Å²) in [5, 5.41) is 11.9. The van der Waals surface area contributed by atoms with Gasteiger partial charge in [-0.3, -0.25) is 0 Å². The van der Waals surface area contributed by atoms with Crippen molar-refractivity contribution in [3.8, 4) is 0 Å². The molecule has 106 valence electrons. The van der Waals surface area contributed by atoms with Gasteiger partial charge in [0.05, 0.1) is 5.56 Å². The lowest BCUT2D eigenvalue weighted by atomic mass is 10.1. The van der Waals surface area contributed by atoms with Gasteiger partial charge in [-0.2, -0.15) is 0 Å². The molecule has 0 radical (unpaired) electrons. The van der Waals surface area contributed by atoms with E-state index in [-0.39, 0.29) is 5.56 Å². The lowest BCUT2D eigenvalue weighted by Gasteiger charge is -2.18. The van der Waals surface area contributed by atoms with E-state index in [1.807, 2.05) is 0 Å². The molecule has 5 heteroatoms. The number of aromatic carboxylic acids is 1. The second-order valence-electron chi connectivity index (χ2n) is 4.32. The molecule has 4 nitrogen and oxygen atoms in total. The first-order valence-corrected chi connectivity index (χ1v) is 6.53. The van der Waals surface area contributed by atoms with Crippen molar-refractivity contribution in [3.63, 3.8) is 0 Å². The quantitative estimate of drug-likeness (QED) is 0.708. The molecule has 1 rings (SSSR count). The maximum atomic E-state index is 13.4. The topological polar surface area (TPSA) is 52.6 Å². The number of nitrogens with zero attached hydrogens (tertiary/aromatic N) is 1. The van der Waals surface area contributed by atoms with Crippen molar-refractivity contribution in [2.75, 3.05) is 26.2 Å². The molecule has 0 unspecified atom stereocenters. The largest absolute Gasteiger partial charge is 0.478 e. The molecule has 2 N–H and O–H groups in total. The molecule has 0 bridgehead atoms. The normalized spacial score (nSPS) is 10.9. The monoisotopic (exact) mass is 268 g/mol. The maximum Gasteiger partial charge on any atom is 0.338 e. The van der Waals surface area contributed by atoms with Crippen molar-refractivity contribution in [3.05, 3.63) is 35.1 Å². The van der Waals surface area contributed by atoms with Crippen molar-refractivity contribution in [1.82, 2.24) is 10.2 Å². The van der Waals surface area contributed by atoms with Gasteiger partial charge in [0.15, 0.2) is 0 Å². The van der Waals surface area contributed by atoms with Crippen LogP contribution in [0.2, 0.25) is 0 Å². The number of carbonyl (C=O) groups is 1. The van der Waals surface area contributed by atoms with E-state index >= 15 is 0 Å². The van der Waals surface area contributed by atoms with Gasteiger partial charge in [-0.25, -0.2) is 9.18 Å². The Kier molecular flexibility index (Phi) is 6.45. The predicted molar refractivity (Wildman–Crippen MR) is 72.9 cm³/mol. The van der Waals surface area contributed by atoms with Crippen LogP contribution in [0.1, 0.15) is 29.8 Å². The lowest BCUT2D eigenvalue weighted by molar-refractivity contribution is 0.0692. The number of benzene rings is 1. The van der Waals surface area contributed by atoms with Crippen LogP contribution in [0.4, 0.5) is 4.39 Å². The number of carboxylic acid groups (broad SMARTS) is 1. The number of rotatable bonds is 8. The predicted octanol–water partition coefficient (Wildman–Crippen LogP) is 1.96. The number of nitrogens with one attached hydrogen (secondary N) is 1. The maximum absolute atomic E-state index is 13.4. The zero-order valence-corrected chi connectivity index (χ0v) is 11.4. The molecule has 1 aromatic carbocycles. The molecule has 0 saturated heterocycles. The number of carboxylic acids is 1. The summed E-state index contributed by atoms with van der Waals surface area (Å²) in [7, 11) is 0. The van der Waals surface area contributed by atoms with Crippen molar-refractivity contribution in [2.24, 2.45) is 0 Å². The average Bonchev–Trinajstić information content (AvgIpc) is 2.38. The Morgan fingerprint density at radius 3 is 2.58 bits per heavy atom. The van der Waals surface area contributed by atoms with Gasteiger partial charge in [-0.05, 0) is 30.8 Å². The van der Waals surface area contributed by atoms with Gasteiger partial charge in [0.2, 0.25) is 0 Å². The Labute approximate surface area is 113 Å². The summed E-state index contributed by atoms with van der Waals surface area (Å²) in [6.45, 7) is 8.57. The summed E-state index contributed by atoms with van der Waals surface area (Å²) < 4.78 is 13.4. The third kappa shape index (κ3) is 4.96. The summed E-state index contributed by atoms with van der Waals surface area (Å²) >= 11 is 0. The van der Waals surface area contributed by atoms with Crippen LogP contribution in [0.5, 0.6) is 0 Å². The minimum absolute atomic E-state index is 0.285. The third-order valence-electron chi connectivity index (χ3n) is 3.09. The van der Waals surface area contributed by atoms with Crippen molar-refractivity contribution < 1.29 is 14.3 Å². The molecule has 0 amide bonds. The standard InChI is InChI=1S/C14H21FN2O2/c1-3-17(4-2)8-7-16-10-11-5-6-12(14(18)19)13(15)9-11/h5-6,9,16H,3-4,7-8,10H2,1-2H3,(H,18,19). The first-order valence-electron chi connectivity index (χ1n) is 6.53. The average molecular weight is 268 g/mol. The minimum Gasteiger partial charge on any atom is -0.478 e. The van der Waals surface area contributed by atoms with Crippen molar-refractivity contribution in [2.45, 2.75) is 20.4 Å². The van der Waals surface area contributed by atoms with E-state index in [9.17, 15) is 9.18 Å². The highest BCUT2D eigenvalue weighted by Crippen LogP contribution is 2.10. The van der Waals surface area contributed by atoms with Crippen molar-refractivity contribution >= 4 is 5.97 Å². The number of halogens is 1. The highest BCUT2D eigenvalue weighted by Gasteiger charge is 2.10. The van der Waals surface area contributed by atoms with Crippen LogP contribution >= 0.6 is 0 Å². The molecule has 0 aliphatic heterocycles. The molecular weight excluding hydrogens is 247 g/mol. The highest BCUT2D eigenvalue weighted by atomic mass is 19.1. The first-order chi connectivity index (χ1) is 9.08. The van der Waals surface area contributed by atoms with Crippen LogP contribution in [0, 0.1) is 5.82 Å². The minimum atomic E-state index is -1.24. The highest BCUT2D eigenvalue weighted by molar-refractivity contribution is 5.87. The molecular formula is C14H21FN2O2. The Morgan fingerprint density at radius 2 is 2.05 bits per heavy atom. The molecule has 19 heavy (non-hydrogen) atoms. The van der Waals surface area contributed by atoms with Crippen LogP contribution in [-0.4, -0.2) is 42.2 Å². The fourth-order valence-electron chi connectivity index (χ4n) is 1.85. The molecule has 0 aliphatic rings. The van der Waals surface area contributed by atoms with Gasteiger partial charge >= 0.3 is 5.97 Å². The van der Waals surface area contributed by atoms with Gasteiger partial charge < -0.3 is 15.3 Å². The van der Waals surface area contributed by atoms with Gasteiger partial charge in [-0.15, -0.1) is 0 Å². The van der Waals surface area contributed by atoms with Gasteiger partial charge in [-0.1, -0.05) is 19.9 Å². The SMILES string of the molecule is CCN(CC)CCNCc1ccc(C(=O)O)c(F)c1. The molecule has 1 aromatic rings. The number of hydrogen-bond acceptors (Lipinski definition) is 3. The Bertz CT molecular complexity index is 420. The summed E-state index contributed by atoms with van der Waals surface area (Å²) in [5.74, 6) is -1.92. The fraction of sp³-hybridized carbons (Fsp3) is 0.500. The van der Waals surface area contributed by atoms with E-state index in [1.165, 1.54) is 12.1 Å². The van der Waals surface area contributed by atoms with Crippen LogP contribution < -0.4 is 5.32 Å². The van der Waals surface area contributed by atoms with Gasteiger partial charge in [0.25, 0.3) is 0 Å². The second kappa shape index (κ2) is 7.86. The molecule has 0 spiro atoms. The smallest absolute Gasteiger partial charge is 0.338 e. The summed E-state index contributed by atoms with van der Waals surface area (Å²) in [4.78, 5) is 13.0. The molecule has 0 heterocycles. The Morgan fingerprint density at radius 1 is 1.37 bits per heavy atom. The molecule has 0 saturated carbocycles. The van der Waals surface area contributed by atoms with Crippen molar-refractivity contribution in [1.29, 1.82) is 0 Å². The zero-order chi connectivity index (χ0) is 14.3. The summed E-state index contributed by atoms with van der Waals surface area (Å²) in [6, 6.07) is 4.21. The van der Waals surface area contributed by atoms with E-state index in [0.717, 1.165) is 31.7 Å². The molecule has 0 atom stereocenters. The van der Waals surface area contributed by atoms with E-state index in [2.05, 4.69) is 24.1 Å². The Balaban J connectivity index is 2.42. The van der Waals surface area contributed by atoms with Gasteiger partial charge in [0.1, 0.15) is 5.82 Å². The lowest BCUT2D eigenvalue weighted by Crippen LogP contribution is -2.31. The molecule has 0 fully saturated rings. The number of likely N-dealkylation sites (N-methyl/N-ethyl adjacent to an activating group) is 1. The third-order valence-corrected chi connectivity index (χ3v) is 3.09. The van der Waals surface area contributed by atoms with Crippen LogP contribution in [-0.2, 0) is 6.54 Å². The van der Waals surface area contributed by atoms with E-state index in [0.29, 0.717) is 6.54 Å². The molecule has 0 aliphatic carbocycles. The molecule has 0 aromatic heterocycles. The fourth-order valence-corrected chi connectivity index (χ4v) is 1.85. The zero-order valence-electron chi connectivity index (χ0n) is 11.4. The van der Waals surface area contributed by atoms with Crippen LogP contribution in [0.15, 0.2) is 18.2 Å². The van der Waals surface area contributed by atoms with Crippen LogP contribution in [0.3, 0.4) is 0 Å². The van der Waals surface area contributed by atoms with E-state index in [4.69, 9.17) is 5.11 Å². The van der Waals surface area contributed by atoms with Crippen LogP contribution in [0.25, 0.3) is 0 Å². The van der Waals surface area contributed by atoms with E-state index < -0.39 is 11.8 Å². The summed E-state index contributed by atoms with van der Waals surface area (Å²) in [6.07, 6.45) is 0. The summed E-state index contributed by atoms with van der Waals surface area (Å²) in [5.41, 5.74) is 0.467. The van der Waals surface area contributed by atoms with Gasteiger partial charge in [0, 0.05) is 19.6 Å².